The van der Waals surface area contributed by atoms with Gasteiger partial charge in [-0.3, -0.25) is 0 Å². The van der Waals surface area contributed by atoms with Crippen LogP contribution in [0.15, 0.2) is 182 Å². The van der Waals surface area contributed by atoms with E-state index in [0.29, 0.717) is 34.3 Å². The minimum Gasteiger partial charge on any atom is -0.309 e. The summed E-state index contributed by atoms with van der Waals surface area (Å²) in [6.45, 7) is 35.0. The van der Waals surface area contributed by atoms with Crippen LogP contribution in [0.4, 0.5) is 5.69 Å². The van der Waals surface area contributed by atoms with Gasteiger partial charge in [0.05, 0.1) is 63.3 Å². The van der Waals surface area contributed by atoms with E-state index in [1.54, 1.807) is 0 Å². The Balaban J connectivity index is 1.23. The molecule has 3 aromatic heterocycles. The number of fused-ring (bicyclic) bond motifs is 6. The Morgan fingerprint density at radius 2 is 0.786 bits per heavy atom. The second-order valence-electron chi connectivity index (χ2n) is 26.4. The number of hydrogen-bond acceptors (Lipinski definition) is 5. The van der Waals surface area contributed by atoms with Crippen LogP contribution in [0, 0.1) is 29.2 Å². The van der Waals surface area contributed by atoms with Crippen molar-refractivity contribution >= 4 is 49.3 Å². The monoisotopic (exact) mass is 1090 g/mol. The van der Waals surface area contributed by atoms with Crippen molar-refractivity contribution in [1.29, 1.82) is 10.5 Å². The summed E-state index contributed by atoms with van der Waals surface area (Å²) in [6.07, 6.45) is 0. The Labute approximate surface area is 492 Å². The molecule has 0 atom stereocenters. The molecule has 410 valence electrons. The lowest BCUT2D eigenvalue weighted by molar-refractivity contribution is 0.568. The van der Waals surface area contributed by atoms with Gasteiger partial charge < -0.3 is 9.13 Å². The third-order valence-corrected chi connectivity index (χ3v) is 16.4. The van der Waals surface area contributed by atoms with Gasteiger partial charge in [-0.25, -0.2) is 19.8 Å². The second kappa shape index (κ2) is 20.2. The predicted octanol–water partition coefficient (Wildman–Crippen LogP) is 19.9. The van der Waals surface area contributed by atoms with Crippen LogP contribution in [-0.2, 0) is 21.7 Å². The predicted molar refractivity (Wildman–Crippen MR) is 346 cm³/mol. The summed E-state index contributed by atoms with van der Waals surface area (Å²) in [5.74, 6) is 1.61. The molecule has 8 heteroatoms. The topological polar surface area (TPSA) is 100 Å². The number of para-hydroxylation sites is 2. The zero-order valence-electron chi connectivity index (χ0n) is 49.9. The van der Waals surface area contributed by atoms with E-state index in [1.807, 2.05) is 66.7 Å². The fraction of sp³-hybridized carbons (Fsp3) is 0.211. The normalized spacial score (nSPS) is 12.2. The lowest BCUT2D eigenvalue weighted by Gasteiger charge is -2.26. The van der Waals surface area contributed by atoms with E-state index in [4.69, 9.17) is 21.5 Å². The molecule has 0 spiro atoms. The van der Waals surface area contributed by atoms with Gasteiger partial charge in [0.1, 0.15) is 0 Å². The molecule has 8 nitrogen and oxygen atoms in total. The molecule has 0 unspecified atom stereocenters. The van der Waals surface area contributed by atoms with E-state index in [-0.39, 0.29) is 21.7 Å². The zero-order chi connectivity index (χ0) is 59.2. The molecule has 0 aliphatic rings. The molecule has 0 saturated heterocycles. The summed E-state index contributed by atoms with van der Waals surface area (Å²) in [6, 6.07) is 67.9. The average molecular weight is 1090 g/mol. The van der Waals surface area contributed by atoms with Crippen molar-refractivity contribution in [2.45, 2.75) is 105 Å². The summed E-state index contributed by atoms with van der Waals surface area (Å²) < 4.78 is 4.59. The molecular weight excluding hydrogens is 1020 g/mol. The number of rotatable bonds is 7. The third kappa shape index (κ3) is 9.86. The van der Waals surface area contributed by atoms with Gasteiger partial charge in [0.2, 0.25) is 0 Å². The molecule has 3 heterocycles. The smallest absolute Gasteiger partial charge is 0.188 e. The van der Waals surface area contributed by atoms with E-state index in [9.17, 15) is 10.5 Å². The number of aromatic nitrogens is 5. The molecule has 0 aliphatic heterocycles. The molecule has 0 fully saturated rings. The fourth-order valence-electron chi connectivity index (χ4n) is 11.6. The molecule has 12 rings (SSSR count). The summed E-state index contributed by atoms with van der Waals surface area (Å²) in [4.78, 5) is 20.8. The Morgan fingerprint density at radius 1 is 0.357 bits per heavy atom. The van der Waals surface area contributed by atoms with Gasteiger partial charge >= 0.3 is 0 Å². The van der Waals surface area contributed by atoms with Gasteiger partial charge in [-0.1, -0.05) is 162 Å². The Morgan fingerprint density at radius 3 is 1.30 bits per heavy atom. The minimum absolute atomic E-state index is 0.182. The summed E-state index contributed by atoms with van der Waals surface area (Å²) in [5, 5.41) is 24.4. The van der Waals surface area contributed by atoms with Crippen LogP contribution in [0.25, 0.3) is 116 Å². The first-order valence-corrected chi connectivity index (χ1v) is 28.7. The van der Waals surface area contributed by atoms with Crippen LogP contribution < -0.4 is 0 Å². The van der Waals surface area contributed by atoms with E-state index in [2.05, 4.69) is 224 Å². The highest BCUT2D eigenvalue weighted by Crippen LogP contribution is 2.44. The van der Waals surface area contributed by atoms with Crippen molar-refractivity contribution in [2.75, 3.05) is 0 Å². The van der Waals surface area contributed by atoms with Gasteiger partial charge in [0, 0.05) is 38.4 Å². The largest absolute Gasteiger partial charge is 0.309 e. The maximum atomic E-state index is 10.3. The summed E-state index contributed by atoms with van der Waals surface area (Å²) in [5.41, 5.74) is 17.6. The van der Waals surface area contributed by atoms with Gasteiger partial charge in [-0.15, -0.1) is 0 Å². The lowest BCUT2D eigenvalue weighted by atomic mass is 9.79. The molecular formula is C76H66N8. The van der Waals surface area contributed by atoms with Crippen molar-refractivity contribution in [3.8, 4) is 79.9 Å². The number of nitriles is 2. The van der Waals surface area contributed by atoms with Crippen molar-refractivity contribution in [1.82, 2.24) is 24.1 Å². The molecule has 0 aliphatic carbocycles. The molecule has 0 radical (unpaired) electrons. The van der Waals surface area contributed by atoms with Crippen LogP contribution in [-0.4, -0.2) is 24.1 Å². The third-order valence-electron chi connectivity index (χ3n) is 16.4. The minimum atomic E-state index is -0.182. The molecule has 0 N–H and O–H groups in total. The van der Waals surface area contributed by atoms with E-state index >= 15 is 0 Å². The van der Waals surface area contributed by atoms with Gasteiger partial charge in [0.25, 0.3) is 0 Å². The first-order chi connectivity index (χ1) is 40.0. The van der Waals surface area contributed by atoms with Gasteiger partial charge in [0.15, 0.2) is 23.2 Å². The highest BCUT2D eigenvalue weighted by atomic mass is 15.1. The Kier molecular flexibility index (Phi) is 13.1. The van der Waals surface area contributed by atoms with Crippen LogP contribution in [0.3, 0.4) is 0 Å². The van der Waals surface area contributed by atoms with Gasteiger partial charge in [-0.05, 0) is 169 Å². The van der Waals surface area contributed by atoms with Crippen molar-refractivity contribution < 1.29 is 0 Å². The second-order valence-corrected chi connectivity index (χ2v) is 26.4. The summed E-state index contributed by atoms with van der Waals surface area (Å²) >= 11 is 0. The first kappa shape index (κ1) is 54.6. The molecule has 0 bridgehead atoms. The fourth-order valence-corrected chi connectivity index (χ4v) is 11.6. The van der Waals surface area contributed by atoms with Crippen molar-refractivity contribution in [3.05, 3.63) is 227 Å². The quantitative estimate of drug-likeness (QED) is 0.148. The Hall–Kier alpha value is -9.94. The van der Waals surface area contributed by atoms with E-state index < -0.39 is 0 Å². The molecule has 0 amide bonds. The first-order valence-electron chi connectivity index (χ1n) is 28.7. The Bertz CT molecular complexity index is 4650. The standard InChI is InChI=1S/C76H66N8/c1-73(2,3)53-35-51(36-54(41-53)74(4,5)6)70-80-71(52-37-55(75(7,8)9)42-56(38-52)76(10,11)12)82-72(81-70)63-40-50(27-31-69(63)84-64-23-16-14-21-58(64)61-34-47(45-78)25-29-67(61)84)60-39-49(48-20-18-19-46(33-48)44-77)26-30-66(60)83-65-24-17-15-22-59(65)62-43-57(79-13)28-32-68(62)83/h14-43H,1-12H3. The van der Waals surface area contributed by atoms with Crippen molar-refractivity contribution in [2.24, 2.45) is 0 Å². The maximum absolute atomic E-state index is 10.3. The van der Waals surface area contributed by atoms with E-state index in [0.717, 1.165) is 93.9 Å². The lowest BCUT2D eigenvalue weighted by Crippen LogP contribution is -2.17. The highest BCUT2D eigenvalue weighted by Gasteiger charge is 2.28. The molecule has 9 aromatic carbocycles. The molecule has 84 heavy (non-hydrogen) atoms. The molecule has 0 saturated carbocycles. The molecule has 12 aromatic rings. The zero-order valence-corrected chi connectivity index (χ0v) is 49.9. The van der Waals surface area contributed by atoms with Crippen LogP contribution in [0.1, 0.15) is 116 Å². The van der Waals surface area contributed by atoms with Crippen LogP contribution >= 0.6 is 0 Å². The number of benzene rings is 9. The SMILES string of the molecule is [C-]#[N+]c1ccc2c(c1)c1ccccc1n2-c1ccc(-c2cccc(C#N)c2)cc1-c1ccc(-n2c3ccccc3c3cc(C#N)ccc32)c(-c2nc(-c3cc(C(C)(C)C)cc(C(C)(C)C)c3)nc(-c3cc(C(C)(C)C)cc(C(C)(C)C)c3)n2)c1. The number of hydrogen-bond donors (Lipinski definition) is 0. The van der Waals surface area contributed by atoms with Crippen LogP contribution in [0.5, 0.6) is 0 Å². The maximum Gasteiger partial charge on any atom is 0.188 e. The van der Waals surface area contributed by atoms with E-state index in [1.165, 1.54) is 22.3 Å². The highest BCUT2D eigenvalue weighted by molar-refractivity contribution is 6.12. The summed E-state index contributed by atoms with van der Waals surface area (Å²) in [7, 11) is 0. The van der Waals surface area contributed by atoms with Gasteiger partial charge in [-0.2, -0.15) is 10.5 Å². The number of nitrogens with zero attached hydrogens (tertiary/aromatic N) is 8. The average Bonchev–Trinajstić information content (AvgIpc) is 3.95. The van der Waals surface area contributed by atoms with Crippen molar-refractivity contribution in [3.63, 3.8) is 0 Å². The van der Waals surface area contributed by atoms with Crippen LogP contribution in [0.2, 0.25) is 0 Å².